The van der Waals surface area contributed by atoms with E-state index in [0.29, 0.717) is 32.7 Å². The van der Waals surface area contributed by atoms with Gasteiger partial charge < -0.3 is 9.47 Å². The molecule has 1 aliphatic heterocycles. The minimum Gasteiger partial charge on any atom is -0.458 e. The molecule has 27 heavy (non-hydrogen) atoms. The van der Waals surface area contributed by atoms with Crippen LogP contribution in [0.5, 0.6) is 0 Å². The summed E-state index contributed by atoms with van der Waals surface area (Å²) in [5, 5.41) is 0. The van der Waals surface area contributed by atoms with Crippen molar-refractivity contribution >= 4 is 21.8 Å². The summed E-state index contributed by atoms with van der Waals surface area (Å²) < 4.78 is 36.7. The van der Waals surface area contributed by atoms with Crippen LogP contribution in [-0.2, 0) is 35.5 Å². The van der Waals surface area contributed by atoms with Crippen molar-refractivity contribution < 1.29 is 27.5 Å². The van der Waals surface area contributed by atoms with Gasteiger partial charge >= 0.3 is 5.97 Å². The highest BCUT2D eigenvalue weighted by molar-refractivity contribution is 7.89. The number of hydrogen-bond acceptors (Lipinski definition) is 6. The maximum absolute atomic E-state index is 12.6. The van der Waals surface area contributed by atoms with Crippen molar-refractivity contribution in [1.82, 2.24) is 4.31 Å². The molecule has 0 saturated carbocycles. The lowest BCUT2D eigenvalue weighted by Gasteiger charge is -2.26. The minimum absolute atomic E-state index is 0.131. The van der Waals surface area contributed by atoms with Crippen molar-refractivity contribution in [3.05, 3.63) is 29.8 Å². The van der Waals surface area contributed by atoms with Crippen LogP contribution < -0.4 is 0 Å². The van der Waals surface area contributed by atoms with E-state index in [-0.39, 0.29) is 23.7 Å². The van der Waals surface area contributed by atoms with Gasteiger partial charge in [0.1, 0.15) is 0 Å². The zero-order valence-corrected chi connectivity index (χ0v) is 16.9. The molecule has 1 aromatic carbocycles. The fourth-order valence-electron chi connectivity index (χ4n) is 2.45. The third-order valence-corrected chi connectivity index (χ3v) is 6.26. The maximum Gasteiger partial charge on any atom is 0.306 e. The molecular formula is C19H27NO6S. The van der Waals surface area contributed by atoms with Gasteiger partial charge in [-0.25, -0.2) is 8.42 Å². The first kappa shape index (κ1) is 21.5. The van der Waals surface area contributed by atoms with Gasteiger partial charge in [0.2, 0.25) is 10.0 Å². The molecule has 8 heteroatoms. The van der Waals surface area contributed by atoms with Crippen LogP contribution in [0.25, 0.3) is 0 Å². The first-order chi connectivity index (χ1) is 12.6. The number of esters is 1. The van der Waals surface area contributed by atoms with Gasteiger partial charge in [0.05, 0.1) is 18.1 Å². The molecule has 0 aliphatic carbocycles. The number of rotatable bonds is 7. The van der Waals surface area contributed by atoms with Crippen LogP contribution in [-0.4, -0.2) is 57.4 Å². The fraction of sp³-hybridized carbons (Fsp3) is 0.579. The van der Waals surface area contributed by atoms with E-state index in [4.69, 9.17) is 9.47 Å². The molecule has 2 rings (SSSR count). The number of ketones is 1. The molecule has 0 spiro atoms. The smallest absolute Gasteiger partial charge is 0.306 e. The Hall–Kier alpha value is -1.77. The average Bonchev–Trinajstić information content (AvgIpc) is 2.64. The number of ether oxygens (including phenoxy) is 2. The third kappa shape index (κ3) is 6.12. The Morgan fingerprint density at radius 1 is 1.11 bits per heavy atom. The highest BCUT2D eigenvalue weighted by atomic mass is 32.2. The highest BCUT2D eigenvalue weighted by Gasteiger charge is 2.26. The molecule has 1 aliphatic rings. The molecule has 7 nitrogen and oxygen atoms in total. The van der Waals surface area contributed by atoms with Crippen LogP contribution in [0.3, 0.4) is 0 Å². The molecule has 1 aromatic rings. The second-order valence-corrected chi connectivity index (χ2v) is 9.43. The van der Waals surface area contributed by atoms with E-state index < -0.39 is 21.4 Å². The molecule has 0 aromatic heterocycles. The van der Waals surface area contributed by atoms with E-state index in [1.54, 1.807) is 45.0 Å². The molecule has 1 fully saturated rings. The van der Waals surface area contributed by atoms with E-state index in [9.17, 15) is 18.0 Å². The van der Waals surface area contributed by atoms with Gasteiger partial charge in [-0.05, 0) is 24.1 Å². The van der Waals surface area contributed by atoms with Crippen molar-refractivity contribution in [3.63, 3.8) is 0 Å². The molecule has 0 bridgehead atoms. The Bertz CT molecular complexity index is 758. The van der Waals surface area contributed by atoms with Crippen molar-refractivity contribution in [1.29, 1.82) is 0 Å². The van der Waals surface area contributed by atoms with Gasteiger partial charge in [-0.15, -0.1) is 0 Å². The van der Waals surface area contributed by atoms with Gasteiger partial charge in [0.25, 0.3) is 0 Å². The number of carbonyl (C=O) groups is 2. The Morgan fingerprint density at radius 3 is 2.26 bits per heavy atom. The second kappa shape index (κ2) is 8.95. The Labute approximate surface area is 160 Å². The molecule has 0 atom stereocenters. The number of Topliss-reactive ketones (excluding diaryl/α,β-unsaturated/α-hetero) is 1. The average molecular weight is 397 g/mol. The third-order valence-electron chi connectivity index (χ3n) is 4.35. The number of nitrogens with zero attached hydrogens (tertiary/aromatic N) is 1. The van der Waals surface area contributed by atoms with E-state index in [1.807, 2.05) is 0 Å². The summed E-state index contributed by atoms with van der Waals surface area (Å²) in [5.74, 6) is -0.578. The molecule has 0 amide bonds. The van der Waals surface area contributed by atoms with E-state index in [1.165, 1.54) is 4.31 Å². The molecule has 1 heterocycles. The molecular weight excluding hydrogens is 370 g/mol. The summed E-state index contributed by atoms with van der Waals surface area (Å²) in [6.45, 7) is 6.60. The van der Waals surface area contributed by atoms with Crippen LogP contribution >= 0.6 is 0 Å². The predicted octanol–water partition coefficient (Wildman–Crippen LogP) is 1.80. The maximum atomic E-state index is 12.6. The van der Waals surface area contributed by atoms with Crippen molar-refractivity contribution in [2.75, 3.05) is 32.9 Å². The second-order valence-electron chi connectivity index (χ2n) is 7.49. The molecule has 1 saturated heterocycles. The summed E-state index contributed by atoms with van der Waals surface area (Å²) in [5.41, 5.74) is 0.289. The fourth-order valence-corrected chi connectivity index (χ4v) is 3.85. The summed E-state index contributed by atoms with van der Waals surface area (Å²) in [6.07, 6.45) is 0.549. The topological polar surface area (TPSA) is 90.0 Å². The first-order valence-corrected chi connectivity index (χ1v) is 10.4. The van der Waals surface area contributed by atoms with Crippen LogP contribution in [0.4, 0.5) is 0 Å². The lowest BCUT2D eigenvalue weighted by molar-refractivity contribution is -0.150. The highest BCUT2D eigenvalue weighted by Crippen LogP contribution is 2.18. The number of carbonyl (C=O) groups excluding carboxylic acids is 2. The van der Waals surface area contributed by atoms with Gasteiger partial charge in [0.15, 0.2) is 12.4 Å². The number of aryl methyl sites for hydroxylation is 1. The van der Waals surface area contributed by atoms with Gasteiger partial charge in [-0.2, -0.15) is 4.31 Å². The largest absolute Gasteiger partial charge is 0.458 e. The zero-order valence-electron chi connectivity index (χ0n) is 16.1. The van der Waals surface area contributed by atoms with E-state index in [2.05, 4.69) is 0 Å². The molecule has 0 unspecified atom stereocenters. The standard InChI is InChI=1S/C19H27NO6S/c1-19(2,3)17(21)14-26-18(22)9-6-15-4-7-16(8-5-15)27(23,24)20-10-12-25-13-11-20/h4-5,7-8H,6,9-14H2,1-3H3. The molecule has 0 N–H and O–H groups in total. The summed E-state index contributed by atoms with van der Waals surface area (Å²) in [7, 11) is -3.52. The molecule has 150 valence electrons. The Kier molecular flexibility index (Phi) is 7.13. The number of benzene rings is 1. The quantitative estimate of drug-likeness (QED) is 0.652. The van der Waals surface area contributed by atoms with Gasteiger partial charge in [0, 0.05) is 24.9 Å². The number of morpholine rings is 1. The Balaban J connectivity index is 1.86. The van der Waals surface area contributed by atoms with Gasteiger partial charge in [-0.3, -0.25) is 9.59 Å². The summed E-state index contributed by atoms with van der Waals surface area (Å²) in [6, 6.07) is 6.49. The lowest BCUT2D eigenvalue weighted by atomic mass is 9.91. The van der Waals surface area contributed by atoms with Crippen LogP contribution in [0.15, 0.2) is 29.2 Å². The van der Waals surface area contributed by atoms with Crippen LogP contribution in [0, 0.1) is 5.41 Å². The van der Waals surface area contributed by atoms with E-state index in [0.717, 1.165) is 5.56 Å². The number of sulfonamides is 1. The summed E-state index contributed by atoms with van der Waals surface area (Å²) >= 11 is 0. The monoisotopic (exact) mass is 397 g/mol. The number of hydrogen-bond donors (Lipinski definition) is 0. The van der Waals surface area contributed by atoms with Crippen molar-refractivity contribution in [3.8, 4) is 0 Å². The zero-order chi connectivity index (χ0) is 20.1. The normalized spacial score (nSPS) is 16.1. The Morgan fingerprint density at radius 2 is 1.70 bits per heavy atom. The first-order valence-electron chi connectivity index (χ1n) is 8.96. The molecule has 0 radical (unpaired) electrons. The minimum atomic E-state index is -3.52. The van der Waals surface area contributed by atoms with Crippen LogP contribution in [0.1, 0.15) is 32.8 Å². The predicted molar refractivity (Wildman–Crippen MR) is 99.8 cm³/mol. The van der Waals surface area contributed by atoms with E-state index >= 15 is 0 Å². The lowest BCUT2D eigenvalue weighted by Crippen LogP contribution is -2.40. The van der Waals surface area contributed by atoms with Crippen LogP contribution in [0.2, 0.25) is 0 Å². The van der Waals surface area contributed by atoms with Crippen molar-refractivity contribution in [2.45, 2.75) is 38.5 Å². The summed E-state index contributed by atoms with van der Waals surface area (Å²) in [4.78, 5) is 23.8. The van der Waals surface area contributed by atoms with Gasteiger partial charge in [-0.1, -0.05) is 32.9 Å². The van der Waals surface area contributed by atoms with Crippen molar-refractivity contribution in [2.24, 2.45) is 5.41 Å². The SMILES string of the molecule is CC(C)(C)C(=O)COC(=O)CCc1ccc(S(=O)(=O)N2CCOCC2)cc1.